The third-order valence-corrected chi connectivity index (χ3v) is 9.46. The van der Waals surface area contributed by atoms with E-state index in [0.717, 1.165) is 44.3 Å². The van der Waals surface area contributed by atoms with Gasteiger partial charge in [0.15, 0.2) is 5.79 Å². The van der Waals surface area contributed by atoms with Gasteiger partial charge in [0.2, 0.25) is 0 Å². The number of carbonyl (C=O) groups is 1. The van der Waals surface area contributed by atoms with Crippen LogP contribution in [-0.4, -0.2) is 42.6 Å². The van der Waals surface area contributed by atoms with Crippen LogP contribution in [0.5, 0.6) is 5.75 Å². The minimum Gasteiger partial charge on any atom is -0.497 e. The maximum absolute atomic E-state index is 13.1. The quantitative estimate of drug-likeness (QED) is 0.687. The maximum atomic E-state index is 13.1. The fraction of sp³-hybridized carbons (Fsp3) is 0.667. The summed E-state index contributed by atoms with van der Waals surface area (Å²) in [5, 5.41) is 12.0. The summed E-state index contributed by atoms with van der Waals surface area (Å²) < 4.78 is 17.4. The average Bonchev–Trinajstić information content (AvgIpc) is 3.36. The van der Waals surface area contributed by atoms with Gasteiger partial charge in [0.05, 0.1) is 25.9 Å². The summed E-state index contributed by atoms with van der Waals surface area (Å²) in [6.45, 7) is 3.44. The first-order valence-corrected chi connectivity index (χ1v) is 12.3. The summed E-state index contributed by atoms with van der Waals surface area (Å²) in [4.78, 5) is 13.1. The van der Waals surface area contributed by atoms with Crippen molar-refractivity contribution < 1.29 is 24.1 Å². The van der Waals surface area contributed by atoms with Crippen molar-refractivity contribution in [2.45, 2.75) is 75.6 Å². The Labute approximate surface area is 190 Å². The Kier molecular flexibility index (Phi) is 4.67. The van der Waals surface area contributed by atoms with E-state index in [4.69, 9.17) is 14.2 Å². The van der Waals surface area contributed by atoms with Crippen LogP contribution in [0.1, 0.15) is 69.8 Å². The Balaban J connectivity index is 1.47. The molecule has 5 nitrogen and oxygen atoms in total. The van der Waals surface area contributed by atoms with Gasteiger partial charge in [0, 0.05) is 30.6 Å². The number of rotatable bonds is 2. The zero-order valence-corrected chi connectivity index (χ0v) is 19.2. The first-order valence-electron chi connectivity index (χ1n) is 12.3. The summed E-state index contributed by atoms with van der Waals surface area (Å²) >= 11 is 0. The highest BCUT2D eigenvalue weighted by Gasteiger charge is 2.60. The molecule has 6 rings (SSSR count). The fourth-order valence-corrected chi connectivity index (χ4v) is 7.92. The van der Waals surface area contributed by atoms with Gasteiger partial charge in [0.1, 0.15) is 11.5 Å². The van der Waals surface area contributed by atoms with Crippen LogP contribution in [0.2, 0.25) is 0 Å². The van der Waals surface area contributed by atoms with Crippen LogP contribution in [0.4, 0.5) is 0 Å². The average molecular weight is 439 g/mol. The van der Waals surface area contributed by atoms with E-state index in [-0.39, 0.29) is 11.3 Å². The number of ketones is 1. The normalized spacial score (nSPS) is 40.2. The van der Waals surface area contributed by atoms with Crippen LogP contribution in [0.15, 0.2) is 35.4 Å². The third-order valence-electron chi connectivity index (χ3n) is 9.46. The van der Waals surface area contributed by atoms with Crippen molar-refractivity contribution in [3.8, 4) is 5.75 Å². The number of aliphatic hydroxyl groups is 1. The van der Waals surface area contributed by atoms with E-state index in [1.807, 2.05) is 12.1 Å². The number of carbonyl (C=O) groups excluding carboxylic acids is 1. The van der Waals surface area contributed by atoms with Gasteiger partial charge in [-0.2, -0.15) is 0 Å². The van der Waals surface area contributed by atoms with Gasteiger partial charge in [-0.15, -0.1) is 0 Å². The summed E-state index contributed by atoms with van der Waals surface area (Å²) in [7, 11) is 1.69. The molecule has 1 aliphatic heterocycles. The molecule has 1 unspecified atom stereocenters. The Hall–Kier alpha value is -1.69. The fourth-order valence-electron chi connectivity index (χ4n) is 7.92. The molecule has 5 heteroatoms. The molecule has 0 radical (unpaired) electrons. The molecule has 172 valence electrons. The molecule has 5 atom stereocenters. The van der Waals surface area contributed by atoms with Crippen LogP contribution >= 0.6 is 0 Å². The predicted octanol–water partition coefficient (Wildman–Crippen LogP) is 4.53. The molecular weight excluding hydrogens is 404 g/mol. The van der Waals surface area contributed by atoms with Gasteiger partial charge in [-0.25, -0.2) is 0 Å². The number of benzene rings is 1. The van der Waals surface area contributed by atoms with E-state index in [9.17, 15) is 9.90 Å². The number of Topliss-reactive ketones (excluding diaryl/α,β-unsaturated/α-hetero) is 1. The SMILES string of the molecule is COc1ccc([C@H]2C[C@]3(C)C(=O)CC[C@H]3[C@@H]3CCC4(O)CC5(CCC4=C32)OCCO5)cc1. The molecule has 1 N–H and O–H groups in total. The Bertz CT molecular complexity index is 959. The van der Waals surface area contributed by atoms with Crippen molar-refractivity contribution in [3.63, 3.8) is 0 Å². The molecule has 5 aliphatic rings. The van der Waals surface area contributed by atoms with E-state index < -0.39 is 11.4 Å². The molecule has 4 aliphatic carbocycles. The zero-order chi connectivity index (χ0) is 22.1. The van der Waals surface area contributed by atoms with Crippen molar-refractivity contribution in [1.29, 1.82) is 0 Å². The number of hydrogen-bond donors (Lipinski definition) is 1. The number of ether oxygens (including phenoxy) is 3. The van der Waals surface area contributed by atoms with Gasteiger partial charge >= 0.3 is 0 Å². The van der Waals surface area contributed by atoms with Crippen molar-refractivity contribution in [3.05, 3.63) is 41.0 Å². The lowest BCUT2D eigenvalue weighted by Crippen LogP contribution is -2.53. The van der Waals surface area contributed by atoms with Crippen LogP contribution in [0.25, 0.3) is 0 Å². The first-order chi connectivity index (χ1) is 15.4. The van der Waals surface area contributed by atoms with Crippen LogP contribution < -0.4 is 4.74 Å². The second-order valence-electron chi connectivity index (χ2n) is 10.9. The molecular formula is C27H34O5. The summed E-state index contributed by atoms with van der Waals surface area (Å²) in [6, 6.07) is 8.34. The van der Waals surface area contributed by atoms with Crippen molar-refractivity contribution >= 4 is 5.78 Å². The molecule has 0 aromatic heterocycles. The molecule has 1 aromatic rings. The van der Waals surface area contributed by atoms with Gasteiger partial charge in [0.25, 0.3) is 0 Å². The number of methoxy groups -OCH3 is 1. The first kappa shape index (κ1) is 20.9. The molecule has 4 fully saturated rings. The lowest BCUT2D eigenvalue weighted by atomic mass is 9.51. The zero-order valence-electron chi connectivity index (χ0n) is 19.2. The summed E-state index contributed by atoms with van der Waals surface area (Å²) in [5.41, 5.74) is 2.75. The topological polar surface area (TPSA) is 65.0 Å². The molecule has 1 heterocycles. The van der Waals surface area contributed by atoms with Crippen molar-refractivity contribution in [1.82, 2.24) is 0 Å². The molecule has 1 aromatic carbocycles. The second-order valence-corrected chi connectivity index (χ2v) is 10.9. The van der Waals surface area contributed by atoms with E-state index in [1.165, 1.54) is 16.7 Å². The molecule has 32 heavy (non-hydrogen) atoms. The van der Waals surface area contributed by atoms with Crippen LogP contribution in [0, 0.1) is 17.3 Å². The molecule has 3 saturated carbocycles. The summed E-state index contributed by atoms with van der Waals surface area (Å²) in [6.07, 6.45) is 6.34. The van der Waals surface area contributed by atoms with Gasteiger partial charge in [-0.3, -0.25) is 4.79 Å². The Morgan fingerprint density at radius 1 is 1.06 bits per heavy atom. The van der Waals surface area contributed by atoms with Crippen molar-refractivity contribution in [2.75, 3.05) is 20.3 Å². The maximum Gasteiger partial charge on any atom is 0.171 e. The predicted molar refractivity (Wildman–Crippen MR) is 119 cm³/mol. The Morgan fingerprint density at radius 3 is 2.53 bits per heavy atom. The number of allylic oxidation sites excluding steroid dienone is 1. The standard InChI is InChI=1S/C27H34O5/c1-25-15-20(17-3-5-18(30-2)6-4-17)24-19(21(25)7-8-23(25)28)9-11-26(29)16-27(12-10-22(24)26)31-13-14-32-27/h3-6,19-21,29H,7-16H2,1-2H3/t19-,20+,21-,25-,26?/m0/s1. The van der Waals surface area contributed by atoms with Gasteiger partial charge < -0.3 is 19.3 Å². The van der Waals surface area contributed by atoms with Gasteiger partial charge in [-0.1, -0.05) is 24.6 Å². The minimum atomic E-state index is -0.866. The second kappa shape index (κ2) is 7.15. The third kappa shape index (κ3) is 2.90. The van der Waals surface area contributed by atoms with Crippen LogP contribution in [0.3, 0.4) is 0 Å². The lowest BCUT2D eigenvalue weighted by Gasteiger charge is -2.55. The van der Waals surface area contributed by atoms with E-state index in [0.29, 0.717) is 43.7 Å². The largest absolute Gasteiger partial charge is 0.497 e. The van der Waals surface area contributed by atoms with E-state index in [1.54, 1.807) is 7.11 Å². The molecule has 1 spiro atoms. The molecule has 1 saturated heterocycles. The van der Waals surface area contributed by atoms with Gasteiger partial charge in [-0.05, 0) is 67.2 Å². The van der Waals surface area contributed by atoms with E-state index in [2.05, 4.69) is 19.1 Å². The van der Waals surface area contributed by atoms with Crippen LogP contribution in [-0.2, 0) is 14.3 Å². The lowest BCUT2D eigenvalue weighted by molar-refractivity contribution is -0.208. The Morgan fingerprint density at radius 2 is 1.81 bits per heavy atom. The number of hydrogen-bond acceptors (Lipinski definition) is 5. The highest BCUT2D eigenvalue weighted by atomic mass is 16.7. The highest BCUT2D eigenvalue weighted by Crippen LogP contribution is 2.64. The molecule has 0 amide bonds. The van der Waals surface area contributed by atoms with Crippen molar-refractivity contribution in [2.24, 2.45) is 17.3 Å². The highest BCUT2D eigenvalue weighted by molar-refractivity contribution is 5.87. The molecule has 0 bridgehead atoms. The van der Waals surface area contributed by atoms with E-state index >= 15 is 0 Å². The smallest absolute Gasteiger partial charge is 0.171 e. The number of fused-ring (bicyclic) bond motifs is 4. The monoisotopic (exact) mass is 438 g/mol. The minimum absolute atomic E-state index is 0.162. The summed E-state index contributed by atoms with van der Waals surface area (Å²) in [5.74, 6) is 1.59.